The Morgan fingerprint density at radius 1 is 1.31 bits per heavy atom. The van der Waals surface area contributed by atoms with E-state index in [1.807, 2.05) is 18.7 Å². The lowest BCUT2D eigenvalue weighted by atomic mass is 10.2. The fraction of sp³-hybridized carbons (Fsp3) is 0.900. The number of carbonyl (C=O) groups is 1. The van der Waals surface area contributed by atoms with Crippen molar-refractivity contribution in [3.63, 3.8) is 0 Å². The van der Waals surface area contributed by atoms with Crippen molar-refractivity contribution in [1.29, 1.82) is 0 Å². The summed E-state index contributed by atoms with van der Waals surface area (Å²) in [6, 6.07) is 0.381. The Morgan fingerprint density at radius 3 is 2.23 bits per heavy atom. The van der Waals surface area contributed by atoms with E-state index in [2.05, 4.69) is 18.9 Å². The highest BCUT2D eigenvalue weighted by atomic mass is 16.2. The first-order chi connectivity index (χ1) is 6.11. The van der Waals surface area contributed by atoms with Gasteiger partial charge in [0.15, 0.2) is 0 Å². The van der Waals surface area contributed by atoms with Gasteiger partial charge in [-0.05, 0) is 14.0 Å². The standard InChI is InChI=1S/C8H16N2O.C2H6/c1-7-6-9(3)4-5-10(7)8(2)11;1-2/h7H,4-6H2,1-3H3;1-2H3/t7-;/m1./s1. The van der Waals surface area contributed by atoms with Gasteiger partial charge in [-0.2, -0.15) is 0 Å². The summed E-state index contributed by atoms with van der Waals surface area (Å²) in [6.07, 6.45) is 0. The first kappa shape index (κ1) is 12.4. The minimum atomic E-state index is 0.200. The maximum absolute atomic E-state index is 11.0. The van der Waals surface area contributed by atoms with Gasteiger partial charge in [-0.15, -0.1) is 0 Å². The van der Waals surface area contributed by atoms with Crippen LogP contribution >= 0.6 is 0 Å². The van der Waals surface area contributed by atoms with Gasteiger partial charge in [0.2, 0.25) is 5.91 Å². The lowest BCUT2D eigenvalue weighted by Gasteiger charge is -2.37. The van der Waals surface area contributed by atoms with Crippen molar-refractivity contribution in [2.75, 3.05) is 26.7 Å². The van der Waals surface area contributed by atoms with Crippen molar-refractivity contribution in [3.05, 3.63) is 0 Å². The second kappa shape index (κ2) is 5.97. The van der Waals surface area contributed by atoms with Crippen molar-refractivity contribution in [2.45, 2.75) is 33.7 Å². The molecule has 0 aromatic heterocycles. The number of hydrogen-bond acceptors (Lipinski definition) is 2. The van der Waals surface area contributed by atoms with Crippen LogP contribution in [0.5, 0.6) is 0 Å². The predicted octanol–water partition coefficient (Wildman–Crippen LogP) is 1.19. The Morgan fingerprint density at radius 2 is 1.85 bits per heavy atom. The number of carbonyl (C=O) groups excluding carboxylic acids is 1. The molecule has 3 nitrogen and oxygen atoms in total. The molecular formula is C10H22N2O. The van der Waals surface area contributed by atoms with Gasteiger partial charge in [-0.3, -0.25) is 4.79 Å². The fourth-order valence-corrected chi connectivity index (χ4v) is 1.61. The normalized spacial score (nSPS) is 23.5. The summed E-state index contributed by atoms with van der Waals surface area (Å²) in [5.74, 6) is 0.200. The van der Waals surface area contributed by atoms with Crippen LogP contribution < -0.4 is 0 Å². The lowest BCUT2D eigenvalue weighted by Crippen LogP contribution is -2.52. The number of likely N-dealkylation sites (N-methyl/N-ethyl adjacent to an activating group) is 1. The van der Waals surface area contributed by atoms with Gasteiger partial charge < -0.3 is 9.80 Å². The van der Waals surface area contributed by atoms with E-state index < -0.39 is 0 Å². The van der Waals surface area contributed by atoms with Gasteiger partial charge in [-0.1, -0.05) is 13.8 Å². The summed E-state index contributed by atoms with van der Waals surface area (Å²) in [6.45, 7) is 10.6. The second-order valence-electron chi connectivity index (χ2n) is 3.32. The molecule has 1 amide bonds. The predicted molar refractivity (Wildman–Crippen MR) is 55.7 cm³/mol. The molecule has 1 rings (SSSR count). The van der Waals surface area contributed by atoms with Crippen LogP contribution in [0.4, 0.5) is 0 Å². The van der Waals surface area contributed by atoms with Crippen LogP contribution in [0, 0.1) is 0 Å². The van der Waals surface area contributed by atoms with Gasteiger partial charge in [0.1, 0.15) is 0 Å². The molecule has 1 saturated heterocycles. The van der Waals surface area contributed by atoms with Crippen LogP contribution in [-0.2, 0) is 4.79 Å². The van der Waals surface area contributed by atoms with Crippen LogP contribution in [0.2, 0.25) is 0 Å². The molecule has 1 atom stereocenters. The molecule has 1 heterocycles. The molecule has 0 N–H and O–H groups in total. The van der Waals surface area contributed by atoms with Crippen molar-refractivity contribution in [1.82, 2.24) is 9.80 Å². The number of nitrogens with zero attached hydrogens (tertiary/aromatic N) is 2. The SMILES string of the molecule is CC.CC(=O)N1CCN(C)C[C@H]1C. The van der Waals surface area contributed by atoms with Gasteiger partial charge in [0, 0.05) is 32.6 Å². The Labute approximate surface area is 81.7 Å². The van der Waals surface area contributed by atoms with Crippen molar-refractivity contribution in [3.8, 4) is 0 Å². The van der Waals surface area contributed by atoms with E-state index in [-0.39, 0.29) is 5.91 Å². The average Bonchev–Trinajstić information content (AvgIpc) is 2.07. The molecule has 1 aliphatic rings. The van der Waals surface area contributed by atoms with Crippen LogP contribution in [0.3, 0.4) is 0 Å². The molecule has 0 saturated carbocycles. The molecule has 0 radical (unpaired) electrons. The summed E-state index contributed by atoms with van der Waals surface area (Å²) in [4.78, 5) is 15.2. The third kappa shape index (κ3) is 3.77. The molecule has 1 aliphatic heterocycles. The highest BCUT2D eigenvalue weighted by Crippen LogP contribution is 2.06. The largest absolute Gasteiger partial charge is 0.338 e. The first-order valence-electron chi connectivity index (χ1n) is 5.07. The zero-order chi connectivity index (χ0) is 10.4. The smallest absolute Gasteiger partial charge is 0.219 e. The quantitative estimate of drug-likeness (QED) is 0.567. The number of hydrogen-bond donors (Lipinski definition) is 0. The fourth-order valence-electron chi connectivity index (χ4n) is 1.61. The van der Waals surface area contributed by atoms with E-state index in [0.29, 0.717) is 6.04 Å². The van der Waals surface area contributed by atoms with E-state index in [4.69, 9.17) is 0 Å². The molecule has 0 unspecified atom stereocenters. The van der Waals surface area contributed by atoms with Gasteiger partial charge >= 0.3 is 0 Å². The van der Waals surface area contributed by atoms with E-state index in [0.717, 1.165) is 19.6 Å². The van der Waals surface area contributed by atoms with E-state index in [1.165, 1.54) is 0 Å². The molecule has 13 heavy (non-hydrogen) atoms. The Hall–Kier alpha value is -0.570. The zero-order valence-electron chi connectivity index (χ0n) is 9.50. The molecule has 0 aromatic carbocycles. The van der Waals surface area contributed by atoms with Crippen LogP contribution in [0.15, 0.2) is 0 Å². The first-order valence-corrected chi connectivity index (χ1v) is 5.07. The van der Waals surface area contributed by atoms with Crippen molar-refractivity contribution in [2.24, 2.45) is 0 Å². The van der Waals surface area contributed by atoms with Crippen LogP contribution in [-0.4, -0.2) is 48.4 Å². The monoisotopic (exact) mass is 186 g/mol. The van der Waals surface area contributed by atoms with Gasteiger partial charge in [0.05, 0.1) is 0 Å². The summed E-state index contributed by atoms with van der Waals surface area (Å²) in [7, 11) is 2.09. The van der Waals surface area contributed by atoms with Gasteiger partial charge in [-0.25, -0.2) is 0 Å². The van der Waals surface area contributed by atoms with Crippen LogP contribution in [0.1, 0.15) is 27.7 Å². The summed E-state index contributed by atoms with van der Waals surface area (Å²) in [5.41, 5.74) is 0. The summed E-state index contributed by atoms with van der Waals surface area (Å²) < 4.78 is 0. The number of amides is 1. The van der Waals surface area contributed by atoms with E-state index in [1.54, 1.807) is 6.92 Å². The molecule has 0 aromatic rings. The summed E-state index contributed by atoms with van der Waals surface area (Å²) >= 11 is 0. The summed E-state index contributed by atoms with van der Waals surface area (Å²) in [5, 5.41) is 0. The second-order valence-corrected chi connectivity index (χ2v) is 3.32. The third-order valence-corrected chi connectivity index (χ3v) is 2.24. The minimum absolute atomic E-state index is 0.200. The van der Waals surface area contributed by atoms with Crippen molar-refractivity contribution >= 4 is 5.91 Å². The minimum Gasteiger partial charge on any atom is -0.338 e. The Bertz CT molecular complexity index is 159. The maximum atomic E-state index is 11.0. The molecule has 3 heteroatoms. The van der Waals surface area contributed by atoms with E-state index >= 15 is 0 Å². The Kier molecular flexibility index (Phi) is 5.71. The van der Waals surface area contributed by atoms with Crippen LogP contribution in [0.25, 0.3) is 0 Å². The highest BCUT2D eigenvalue weighted by molar-refractivity contribution is 5.73. The molecule has 78 valence electrons. The molecular weight excluding hydrogens is 164 g/mol. The number of piperazine rings is 1. The maximum Gasteiger partial charge on any atom is 0.219 e. The van der Waals surface area contributed by atoms with Gasteiger partial charge in [0.25, 0.3) is 0 Å². The third-order valence-electron chi connectivity index (χ3n) is 2.24. The molecule has 1 fully saturated rings. The topological polar surface area (TPSA) is 23.6 Å². The average molecular weight is 186 g/mol. The number of rotatable bonds is 0. The lowest BCUT2D eigenvalue weighted by molar-refractivity contribution is -0.132. The molecule has 0 aliphatic carbocycles. The molecule has 0 bridgehead atoms. The zero-order valence-corrected chi connectivity index (χ0v) is 9.50. The van der Waals surface area contributed by atoms with Crippen molar-refractivity contribution < 1.29 is 4.79 Å². The Balaban J connectivity index is 0.000000671. The molecule has 0 spiro atoms. The van der Waals surface area contributed by atoms with E-state index in [9.17, 15) is 4.79 Å². The highest BCUT2D eigenvalue weighted by Gasteiger charge is 2.22.